The van der Waals surface area contributed by atoms with Crippen molar-refractivity contribution in [3.8, 4) is 0 Å². The average Bonchev–Trinajstić information content (AvgIpc) is 2.72. The summed E-state index contributed by atoms with van der Waals surface area (Å²) in [5.41, 5.74) is 0. The molecule has 0 aliphatic heterocycles. The van der Waals surface area contributed by atoms with Crippen LogP contribution < -0.4 is 0 Å². The molecule has 0 amide bonds. The molecule has 0 nitrogen and oxygen atoms in total. The fourth-order valence-corrected chi connectivity index (χ4v) is 0.999. The topological polar surface area (TPSA) is 0 Å². The lowest BCUT2D eigenvalue weighted by atomic mass is 10.0. The smallest absolute Gasteiger partial charge is 0.0388 e. The molecule has 0 aromatic heterocycles. The molecule has 0 aromatic carbocycles. The maximum absolute atomic E-state index is 2.36. The molecule has 1 unspecified atom stereocenters. The molecule has 0 heterocycles. The van der Waals surface area contributed by atoms with Gasteiger partial charge in [-0.25, -0.2) is 0 Å². The number of hydrogen-bond donors (Lipinski definition) is 0. The Bertz CT molecular complexity index is 53.1. The van der Waals surface area contributed by atoms with Crippen LogP contribution in [0.2, 0.25) is 0 Å². The van der Waals surface area contributed by atoms with E-state index in [0.717, 1.165) is 11.8 Å². The van der Waals surface area contributed by atoms with Crippen molar-refractivity contribution in [3.63, 3.8) is 0 Å². The molecule has 1 aliphatic rings. The van der Waals surface area contributed by atoms with E-state index >= 15 is 0 Å². The van der Waals surface area contributed by atoms with Gasteiger partial charge in [-0.1, -0.05) is 34.1 Å². The van der Waals surface area contributed by atoms with Gasteiger partial charge < -0.3 is 0 Å². The lowest BCUT2D eigenvalue weighted by Gasteiger charge is -2.01. The Labute approximate surface area is 59.7 Å². The molecule has 0 aromatic rings. The van der Waals surface area contributed by atoms with E-state index < -0.39 is 0 Å². The lowest BCUT2D eigenvalue weighted by Crippen LogP contribution is -1.91. The number of rotatable bonds is 2. The van der Waals surface area contributed by atoms with E-state index in [4.69, 9.17) is 0 Å². The van der Waals surface area contributed by atoms with Gasteiger partial charge in [-0.15, -0.1) is 0 Å². The lowest BCUT2D eigenvalue weighted by molar-refractivity contribution is 0.493. The van der Waals surface area contributed by atoms with Crippen molar-refractivity contribution >= 4 is 0 Å². The first-order valence-corrected chi connectivity index (χ1v) is 4.34. The summed E-state index contributed by atoms with van der Waals surface area (Å²) in [5, 5.41) is 0. The van der Waals surface area contributed by atoms with Crippen molar-refractivity contribution in [1.29, 1.82) is 0 Å². The molecule has 9 heavy (non-hydrogen) atoms. The van der Waals surface area contributed by atoms with Crippen molar-refractivity contribution in [1.82, 2.24) is 0 Å². The van der Waals surface area contributed by atoms with Crippen LogP contribution in [-0.2, 0) is 0 Å². The van der Waals surface area contributed by atoms with E-state index in [1.807, 2.05) is 13.8 Å². The van der Waals surface area contributed by atoms with E-state index in [1.54, 1.807) is 0 Å². The van der Waals surface area contributed by atoms with Crippen molar-refractivity contribution in [2.24, 2.45) is 11.8 Å². The maximum Gasteiger partial charge on any atom is -0.0388 e. The zero-order chi connectivity index (χ0) is 7.28. The Hall–Kier alpha value is 0. The van der Waals surface area contributed by atoms with Crippen LogP contribution in [0.1, 0.15) is 47.0 Å². The highest BCUT2D eigenvalue weighted by Gasteiger charge is 2.25. The van der Waals surface area contributed by atoms with Crippen LogP contribution in [0.3, 0.4) is 0 Å². The zero-order valence-electron chi connectivity index (χ0n) is 7.28. The molecule has 1 saturated carbocycles. The molecule has 1 rings (SSSR count). The van der Waals surface area contributed by atoms with Gasteiger partial charge >= 0.3 is 0 Å². The highest BCUT2D eigenvalue weighted by atomic mass is 14.3. The second kappa shape index (κ2) is 4.84. The summed E-state index contributed by atoms with van der Waals surface area (Å²) in [4.78, 5) is 0. The standard InChI is InChI=1S/C7H14.C2H6/c1-3-6(2)7-4-5-7;1-2/h6-7H,3-5H2,1-2H3;1-2H3. The summed E-state index contributed by atoms with van der Waals surface area (Å²) in [6.45, 7) is 8.64. The summed E-state index contributed by atoms with van der Waals surface area (Å²) >= 11 is 0. The molecule has 1 aliphatic carbocycles. The Kier molecular flexibility index (Phi) is 4.84. The van der Waals surface area contributed by atoms with Gasteiger partial charge in [-0.05, 0) is 24.7 Å². The van der Waals surface area contributed by atoms with E-state index in [0.29, 0.717) is 0 Å². The highest BCUT2D eigenvalue weighted by Crippen LogP contribution is 2.37. The van der Waals surface area contributed by atoms with Crippen LogP contribution >= 0.6 is 0 Å². The minimum atomic E-state index is 1.01. The van der Waals surface area contributed by atoms with Crippen molar-refractivity contribution in [3.05, 3.63) is 0 Å². The summed E-state index contributed by atoms with van der Waals surface area (Å²) in [6, 6.07) is 0. The number of hydrogen-bond acceptors (Lipinski definition) is 0. The second-order valence-electron chi connectivity index (χ2n) is 2.72. The molecular formula is C9H20. The van der Waals surface area contributed by atoms with Gasteiger partial charge in [0.1, 0.15) is 0 Å². The van der Waals surface area contributed by atoms with E-state index in [2.05, 4.69) is 13.8 Å². The molecule has 1 fully saturated rings. The molecule has 0 bridgehead atoms. The molecule has 1 atom stereocenters. The molecule has 56 valence electrons. The molecule has 0 saturated heterocycles. The van der Waals surface area contributed by atoms with Crippen molar-refractivity contribution in [2.45, 2.75) is 47.0 Å². The third-order valence-electron chi connectivity index (χ3n) is 2.07. The van der Waals surface area contributed by atoms with Gasteiger partial charge in [0.25, 0.3) is 0 Å². The molecule has 0 radical (unpaired) electrons. The quantitative estimate of drug-likeness (QED) is 0.534. The molecule has 0 spiro atoms. The Morgan fingerprint density at radius 1 is 1.33 bits per heavy atom. The van der Waals surface area contributed by atoms with Crippen molar-refractivity contribution in [2.75, 3.05) is 0 Å². The van der Waals surface area contributed by atoms with Gasteiger partial charge in [0.15, 0.2) is 0 Å². The Balaban J connectivity index is 0.000000291. The average molecular weight is 128 g/mol. The van der Waals surface area contributed by atoms with Crippen LogP contribution in [0, 0.1) is 11.8 Å². The summed E-state index contributed by atoms with van der Waals surface area (Å²) < 4.78 is 0. The van der Waals surface area contributed by atoms with Gasteiger partial charge in [0, 0.05) is 0 Å². The molecule has 0 N–H and O–H groups in total. The van der Waals surface area contributed by atoms with E-state index in [1.165, 1.54) is 19.3 Å². The monoisotopic (exact) mass is 128 g/mol. The SMILES string of the molecule is CC.CCC(C)C1CC1. The molecule has 0 heteroatoms. The zero-order valence-corrected chi connectivity index (χ0v) is 7.28. The normalized spacial score (nSPS) is 20.0. The maximum atomic E-state index is 2.36. The third-order valence-corrected chi connectivity index (χ3v) is 2.07. The highest BCUT2D eigenvalue weighted by molar-refractivity contribution is 4.77. The van der Waals surface area contributed by atoms with Gasteiger partial charge in [-0.3, -0.25) is 0 Å². The minimum absolute atomic E-state index is 1.01. The predicted molar refractivity (Wildman–Crippen MR) is 43.5 cm³/mol. The first-order valence-electron chi connectivity index (χ1n) is 4.34. The third kappa shape index (κ3) is 3.56. The van der Waals surface area contributed by atoms with Crippen LogP contribution in [0.5, 0.6) is 0 Å². The van der Waals surface area contributed by atoms with Crippen LogP contribution in [0.25, 0.3) is 0 Å². The van der Waals surface area contributed by atoms with Crippen LogP contribution in [-0.4, -0.2) is 0 Å². The van der Waals surface area contributed by atoms with Crippen LogP contribution in [0.15, 0.2) is 0 Å². The fraction of sp³-hybridized carbons (Fsp3) is 1.00. The van der Waals surface area contributed by atoms with Gasteiger partial charge in [-0.2, -0.15) is 0 Å². The summed E-state index contributed by atoms with van der Waals surface area (Å²) in [6.07, 6.45) is 4.40. The van der Waals surface area contributed by atoms with Crippen molar-refractivity contribution < 1.29 is 0 Å². The largest absolute Gasteiger partial charge is 0.0683 e. The molecular weight excluding hydrogens is 108 g/mol. The first-order chi connectivity index (χ1) is 4.34. The Morgan fingerprint density at radius 2 is 1.78 bits per heavy atom. The Morgan fingerprint density at radius 3 is 1.89 bits per heavy atom. The minimum Gasteiger partial charge on any atom is -0.0683 e. The summed E-state index contributed by atoms with van der Waals surface area (Å²) in [5.74, 6) is 2.13. The van der Waals surface area contributed by atoms with Crippen LogP contribution in [0.4, 0.5) is 0 Å². The first kappa shape index (κ1) is 9.00. The second-order valence-corrected chi connectivity index (χ2v) is 2.72. The van der Waals surface area contributed by atoms with E-state index in [-0.39, 0.29) is 0 Å². The van der Waals surface area contributed by atoms with Gasteiger partial charge in [0.2, 0.25) is 0 Å². The predicted octanol–water partition coefficient (Wildman–Crippen LogP) is 3.47. The fourth-order valence-electron chi connectivity index (χ4n) is 0.999. The van der Waals surface area contributed by atoms with E-state index in [9.17, 15) is 0 Å². The van der Waals surface area contributed by atoms with Gasteiger partial charge in [0.05, 0.1) is 0 Å². The summed E-state index contributed by atoms with van der Waals surface area (Å²) in [7, 11) is 0.